The summed E-state index contributed by atoms with van der Waals surface area (Å²) in [7, 11) is 0. The van der Waals surface area contributed by atoms with E-state index in [-0.39, 0.29) is 29.8 Å². The van der Waals surface area contributed by atoms with Gasteiger partial charge in [-0.2, -0.15) is 0 Å². The SMILES string of the molecule is CCC.CCCC(CC1CC/C=C\C(C)=C(\C)CC(=O)C1)C(CC)C(=O)CC(C)=O.Cc1ccccc1. The average molecular weight is 511 g/mol. The van der Waals surface area contributed by atoms with Gasteiger partial charge in [0, 0.05) is 18.8 Å². The Kier molecular flexibility index (Phi) is 19.4. The van der Waals surface area contributed by atoms with E-state index in [0.717, 1.165) is 44.1 Å². The Morgan fingerprint density at radius 2 is 1.62 bits per heavy atom. The maximum absolute atomic E-state index is 12.6. The highest BCUT2D eigenvalue weighted by atomic mass is 16.1. The van der Waals surface area contributed by atoms with E-state index in [1.807, 2.05) is 32.0 Å². The van der Waals surface area contributed by atoms with Gasteiger partial charge in [0.15, 0.2) is 0 Å². The van der Waals surface area contributed by atoms with E-state index in [4.69, 9.17) is 0 Å². The molecule has 0 aromatic heterocycles. The molecule has 0 radical (unpaired) electrons. The molecule has 0 saturated carbocycles. The molecule has 0 N–H and O–H groups in total. The van der Waals surface area contributed by atoms with Crippen molar-refractivity contribution in [3.8, 4) is 0 Å². The number of hydrogen-bond donors (Lipinski definition) is 0. The molecule has 0 amide bonds. The molecule has 1 aromatic carbocycles. The van der Waals surface area contributed by atoms with Crippen molar-refractivity contribution >= 4 is 17.3 Å². The fraction of sp³-hybridized carbons (Fsp3) is 0.618. The molecule has 3 heteroatoms. The number of carbonyl (C=O) groups is 3. The van der Waals surface area contributed by atoms with Gasteiger partial charge in [-0.05, 0) is 65.2 Å². The Morgan fingerprint density at radius 1 is 1.00 bits per heavy atom. The smallest absolute Gasteiger partial charge is 0.143 e. The maximum atomic E-state index is 12.6. The third kappa shape index (κ3) is 16.2. The highest BCUT2D eigenvalue weighted by Crippen LogP contribution is 2.33. The van der Waals surface area contributed by atoms with Crippen molar-refractivity contribution in [1.82, 2.24) is 0 Å². The van der Waals surface area contributed by atoms with Crippen LogP contribution in [0.4, 0.5) is 0 Å². The van der Waals surface area contributed by atoms with Gasteiger partial charge >= 0.3 is 0 Å². The molecule has 0 saturated heterocycles. The molecule has 3 atom stereocenters. The molecule has 0 heterocycles. The van der Waals surface area contributed by atoms with Crippen molar-refractivity contribution in [2.24, 2.45) is 17.8 Å². The first-order chi connectivity index (χ1) is 17.6. The lowest BCUT2D eigenvalue weighted by Crippen LogP contribution is -2.27. The van der Waals surface area contributed by atoms with Crippen LogP contribution in [0.1, 0.15) is 118 Å². The molecular formula is C34H54O3. The van der Waals surface area contributed by atoms with Crippen LogP contribution >= 0.6 is 0 Å². The van der Waals surface area contributed by atoms with Gasteiger partial charge in [0.1, 0.15) is 17.3 Å². The molecule has 1 aliphatic carbocycles. The zero-order valence-electron chi connectivity index (χ0n) is 25.1. The predicted molar refractivity (Wildman–Crippen MR) is 159 cm³/mol. The van der Waals surface area contributed by atoms with Crippen LogP contribution in [0.15, 0.2) is 53.6 Å². The predicted octanol–water partition coefficient (Wildman–Crippen LogP) is 9.43. The van der Waals surface area contributed by atoms with Crippen molar-refractivity contribution in [3.63, 3.8) is 0 Å². The van der Waals surface area contributed by atoms with Crippen LogP contribution < -0.4 is 0 Å². The van der Waals surface area contributed by atoms with E-state index in [1.165, 1.54) is 24.5 Å². The largest absolute Gasteiger partial charge is 0.300 e. The van der Waals surface area contributed by atoms with Gasteiger partial charge in [0.2, 0.25) is 0 Å². The summed E-state index contributed by atoms with van der Waals surface area (Å²) in [6, 6.07) is 10.3. The minimum absolute atomic E-state index is 0.0499. The first-order valence-corrected chi connectivity index (χ1v) is 14.5. The minimum Gasteiger partial charge on any atom is -0.300 e. The zero-order chi connectivity index (χ0) is 28.2. The summed E-state index contributed by atoms with van der Waals surface area (Å²) in [6.07, 6.45) is 12.5. The third-order valence-corrected chi connectivity index (χ3v) is 6.84. The number of Topliss-reactive ketones (excluding diaryl/α,β-unsaturated/α-hetero) is 3. The van der Waals surface area contributed by atoms with Crippen LogP contribution in [0.5, 0.6) is 0 Å². The molecule has 3 unspecified atom stereocenters. The van der Waals surface area contributed by atoms with E-state index >= 15 is 0 Å². The van der Waals surface area contributed by atoms with Gasteiger partial charge in [-0.25, -0.2) is 0 Å². The molecule has 0 bridgehead atoms. The lowest BCUT2D eigenvalue weighted by Gasteiger charge is -2.29. The van der Waals surface area contributed by atoms with E-state index in [1.54, 1.807) is 0 Å². The molecule has 1 aromatic rings. The van der Waals surface area contributed by atoms with Gasteiger partial charge in [-0.1, -0.05) is 106 Å². The summed E-state index contributed by atoms with van der Waals surface area (Å²) in [6.45, 7) is 16.1. The summed E-state index contributed by atoms with van der Waals surface area (Å²) in [5, 5.41) is 0. The van der Waals surface area contributed by atoms with Crippen molar-refractivity contribution < 1.29 is 14.4 Å². The van der Waals surface area contributed by atoms with Gasteiger partial charge in [0.25, 0.3) is 0 Å². The Bertz CT molecular complexity index is 847. The number of ketones is 3. The quantitative estimate of drug-likeness (QED) is 0.311. The second-order valence-electron chi connectivity index (χ2n) is 10.7. The number of carbonyl (C=O) groups excluding carboxylic acids is 3. The van der Waals surface area contributed by atoms with Crippen LogP contribution in [-0.4, -0.2) is 17.3 Å². The Balaban J connectivity index is 0.00000108. The number of rotatable bonds is 9. The molecule has 0 spiro atoms. The molecule has 1 aliphatic rings. The molecule has 3 nitrogen and oxygen atoms in total. The lowest BCUT2D eigenvalue weighted by molar-refractivity contribution is -0.129. The van der Waals surface area contributed by atoms with E-state index in [9.17, 15) is 14.4 Å². The summed E-state index contributed by atoms with van der Waals surface area (Å²) >= 11 is 0. The monoisotopic (exact) mass is 510 g/mol. The van der Waals surface area contributed by atoms with Gasteiger partial charge < -0.3 is 0 Å². The van der Waals surface area contributed by atoms with Crippen LogP contribution in [-0.2, 0) is 14.4 Å². The topological polar surface area (TPSA) is 51.2 Å². The van der Waals surface area contributed by atoms with Crippen molar-refractivity contribution in [1.29, 1.82) is 0 Å². The molecule has 2 rings (SSSR count). The summed E-state index contributed by atoms with van der Waals surface area (Å²) < 4.78 is 0. The summed E-state index contributed by atoms with van der Waals surface area (Å²) in [4.78, 5) is 36.6. The molecule has 37 heavy (non-hydrogen) atoms. The van der Waals surface area contributed by atoms with Crippen molar-refractivity contribution in [3.05, 3.63) is 59.2 Å². The molecular weight excluding hydrogens is 456 g/mol. The average Bonchev–Trinajstić information content (AvgIpc) is 2.82. The van der Waals surface area contributed by atoms with Crippen molar-refractivity contribution in [2.45, 2.75) is 120 Å². The molecule has 0 aliphatic heterocycles. The van der Waals surface area contributed by atoms with E-state index in [0.29, 0.717) is 24.5 Å². The van der Waals surface area contributed by atoms with Crippen LogP contribution in [0, 0.1) is 24.7 Å². The normalized spacial score (nSPS) is 20.3. The van der Waals surface area contributed by atoms with Gasteiger partial charge in [-0.3, -0.25) is 14.4 Å². The second-order valence-corrected chi connectivity index (χ2v) is 10.7. The lowest BCUT2D eigenvalue weighted by atomic mass is 9.75. The number of allylic oxidation sites excluding steroid dienone is 4. The first kappa shape index (κ1) is 34.7. The first-order valence-electron chi connectivity index (χ1n) is 14.5. The van der Waals surface area contributed by atoms with Crippen LogP contribution in [0.2, 0.25) is 0 Å². The van der Waals surface area contributed by atoms with Crippen LogP contribution in [0.25, 0.3) is 0 Å². The summed E-state index contributed by atoms with van der Waals surface area (Å²) in [5.74, 6) is 0.887. The fourth-order valence-electron chi connectivity index (χ4n) is 4.88. The van der Waals surface area contributed by atoms with Gasteiger partial charge in [0.05, 0.1) is 6.42 Å². The Hall–Kier alpha value is -2.29. The number of hydrogen-bond acceptors (Lipinski definition) is 3. The Labute approximate surface area is 228 Å². The van der Waals surface area contributed by atoms with E-state index < -0.39 is 0 Å². The zero-order valence-corrected chi connectivity index (χ0v) is 25.1. The van der Waals surface area contributed by atoms with Crippen LogP contribution in [0.3, 0.4) is 0 Å². The highest BCUT2D eigenvalue weighted by Gasteiger charge is 2.29. The molecule has 0 fully saturated rings. The highest BCUT2D eigenvalue weighted by molar-refractivity contribution is 5.99. The summed E-state index contributed by atoms with van der Waals surface area (Å²) in [5.41, 5.74) is 3.68. The van der Waals surface area contributed by atoms with Crippen molar-refractivity contribution in [2.75, 3.05) is 0 Å². The standard InChI is InChI=1S/C24H38O3.C7H8.C3H8/c1-6-10-21(23(7-2)24(27)14-19(5)25)15-20-12-9-8-11-17(3)18(4)13-22(26)16-20;1-7-5-3-2-4-6-7;1-3-2/h8,11,20-21,23H,6-7,9-10,12-16H2,1-5H3;2-6H,1H3;3H2,1-2H3/b11-8-,18-17-;;. The third-order valence-electron chi connectivity index (χ3n) is 6.84. The van der Waals surface area contributed by atoms with E-state index in [2.05, 4.69) is 58.9 Å². The number of aryl methyl sites for hydroxylation is 1. The maximum Gasteiger partial charge on any atom is 0.143 e. The Morgan fingerprint density at radius 3 is 2.11 bits per heavy atom. The second kappa shape index (κ2) is 20.7. The van der Waals surface area contributed by atoms with Gasteiger partial charge in [-0.15, -0.1) is 0 Å². The minimum atomic E-state index is -0.0567. The fourth-order valence-corrected chi connectivity index (χ4v) is 4.88. The number of benzene rings is 1. The molecule has 208 valence electrons.